The summed E-state index contributed by atoms with van der Waals surface area (Å²) in [4.78, 5) is 22.9. The van der Waals surface area contributed by atoms with Gasteiger partial charge in [-0.1, -0.05) is 18.2 Å². The third-order valence-electron chi connectivity index (χ3n) is 4.45. The lowest BCUT2D eigenvalue weighted by atomic mass is 10.1. The summed E-state index contributed by atoms with van der Waals surface area (Å²) in [6.07, 6.45) is 4.18. The van der Waals surface area contributed by atoms with Crippen molar-refractivity contribution in [3.05, 3.63) is 42.1 Å². The number of likely N-dealkylation sites (tertiary alicyclic amines) is 1. The van der Waals surface area contributed by atoms with Gasteiger partial charge in [-0.05, 0) is 45.0 Å². The Morgan fingerprint density at radius 1 is 1.28 bits per heavy atom. The fourth-order valence-corrected chi connectivity index (χ4v) is 3.11. The van der Waals surface area contributed by atoms with Crippen molar-refractivity contribution in [1.82, 2.24) is 15.2 Å². The topological polar surface area (TPSA) is 81.4 Å². The summed E-state index contributed by atoms with van der Waals surface area (Å²) in [5.74, 6) is -0.697. The minimum Gasteiger partial charge on any atom is -0.348 e. The first-order valence-electron chi connectivity index (χ1n) is 8.63. The van der Waals surface area contributed by atoms with Gasteiger partial charge < -0.3 is 10.2 Å². The first-order chi connectivity index (χ1) is 12.1. The molecule has 1 fully saturated rings. The number of benzene rings is 1. The lowest BCUT2D eigenvalue weighted by Gasteiger charge is -2.14. The Balaban J connectivity index is 1.64. The SMILES string of the molecule is CC(=NC(=N)C(=O)NCCN1CCCC1)c1ccnc2ccccc12. The van der Waals surface area contributed by atoms with Gasteiger partial charge in [0, 0.05) is 35.9 Å². The van der Waals surface area contributed by atoms with E-state index in [1.165, 1.54) is 12.8 Å². The van der Waals surface area contributed by atoms with E-state index in [1.807, 2.05) is 37.3 Å². The molecule has 1 aromatic carbocycles. The normalized spacial score (nSPS) is 15.5. The third kappa shape index (κ3) is 4.28. The van der Waals surface area contributed by atoms with E-state index in [1.54, 1.807) is 6.20 Å². The quantitative estimate of drug-likeness (QED) is 0.663. The highest BCUT2D eigenvalue weighted by atomic mass is 16.2. The van der Waals surface area contributed by atoms with E-state index in [-0.39, 0.29) is 5.84 Å². The number of pyridine rings is 1. The first-order valence-corrected chi connectivity index (χ1v) is 8.63. The molecule has 6 nitrogen and oxygen atoms in total. The second-order valence-electron chi connectivity index (χ2n) is 6.23. The summed E-state index contributed by atoms with van der Waals surface area (Å²) in [6.45, 7) is 5.39. The summed E-state index contributed by atoms with van der Waals surface area (Å²) in [7, 11) is 0. The largest absolute Gasteiger partial charge is 0.348 e. The van der Waals surface area contributed by atoms with Gasteiger partial charge in [-0.3, -0.25) is 15.2 Å². The molecular formula is C19H23N5O. The molecule has 0 aliphatic carbocycles. The van der Waals surface area contributed by atoms with Crippen molar-refractivity contribution in [1.29, 1.82) is 5.41 Å². The number of hydrogen-bond acceptors (Lipinski definition) is 4. The molecule has 25 heavy (non-hydrogen) atoms. The number of hydrogen-bond donors (Lipinski definition) is 2. The van der Waals surface area contributed by atoms with Crippen molar-refractivity contribution in [3.8, 4) is 0 Å². The number of fused-ring (bicyclic) bond motifs is 1. The van der Waals surface area contributed by atoms with E-state index in [2.05, 4.69) is 20.2 Å². The monoisotopic (exact) mass is 337 g/mol. The fraction of sp³-hybridized carbons (Fsp3) is 0.368. The fourth-order valence-electron chi connectivity index (χ4n) is 3.11. The number of amidine groups is 1. The predicted octanol–water partition coefficient (Wildman–Crippen LogP) is 2.23. The lowest BCUT2D eigenvalue weighted by molar-refractivity contribution is -0.115. The van der Waals surface area contributed by atoms with Crippen molar-refractivity contribution in [3.63, 3.8) is 0 Å². The zero-order valence-electron chi connectivity index (χ0n) is 14.5. The minimum absolute atomic E-state index is 0.264. The van der Waals surface area contributed by atoms with Crippen LogP contribution < -0.4 is 5.32 Å². The molecule has 3 rings (SSSR count). The van der Waals surface area contributed by atoms with Gasteiger partial charge in [-0.2, -0.15) is 0 Å². The molecule has 0 spiro atoms. The van der Waals surface area contributed by atoms with E-state index < -0.39 is 5.91 Å². The standard InChI is InChI=1S/C19H23N5O/c1-14(15-8-9-21-17-7-3-2-6-16(15)17)23-18(20)19(25)22-10-13-24-11-4-5-12-24/h2-3,6-9,20H,4-5,10-13H2,1H3,(H,22,25). The maximum Gasteiger partial charge on any atom is 0.288 e. The molecular weight excluding hydrogens is 314 g/mol. The molecule has 1 amide bonds. The molecule has 1 aromatic heterocycles. The van der Waals surface area contributed by atoms with Crippen LogP contribution in [-0.2, 0) is 4.79 Å². The van der Waals surface area contributed by atoms with Crippen molar-refractivity contribution in [2.75, 3.05) is 26.2 Å². The smallest absolute Gasteiger partial charge is 0.288 e. The van der Waals surface area contributed by atoms with E-state index in [4.69, 9.17) is 5.41 Å². The molecule has 0 bridgehead atoms. The molecule has 6 heteroatoms. The Morgan fingerprint density at radius 3 is 2.84 bits per heavy atom. The third-order valence-corrected chi connectivity index (χ3v) is 4.45. The summed E-state index contributed by atoms with van der Waals surface area (Å²) in [6, 6.07) is 9.64. The lowest BCUT2D eigenvalue weighted by Crippen LogP contribution is -2.36. The Hall–Kier alpha value is -2.60. The number of para-hydroxylation sites is 1. The van der Waals surface area contributed by atoms with Crippen LogP contribution in [-0.4, -0.2) is 53.5 Å². The van der Waals surface area contributed by atoms with Crippen LogP contribution >= 0.6 is 0 Å². The molecule has 0 saturated carbocycles. The Labute approximate surface area is 147 Å². The molecule has 1 saturated heterocycles. The number of nitrogens with zero attached hydrogens (tertiary/aromatic N) is 3. The van der Waals surface area contributed by atoms with Gasteiger partial charge in [0.1, 0.15) is 0 Å². The molecule has 2 N–H and O–H groups in total. The summed E-state index contributed by atoms with van der Waals surface area (Å²) >= 11 is 0. The van der Waals surface area contributed by atoms with Gasteiger partial charge >= 0.3 is 0 Å². The second kappa shape index (κ2) is 7.98. The average Bonchev–Trinajstić information content (AvgIpc) is 3.14. The predicted molar refractivity (Wildman–Crippen MR) is 100 cm³/mol. The van der Waals surface area contributed by atoms with Gasteiger partial charge in [0.2, 0.25) is 5.84 Å². The van der Waals surface area contributed by atoms with Gasteiger partial charge in [0.25, 0.3) is 5.91 Å². The van der Waals surface area contributed by atoms with Crippen LogP contribution in [0.3, 0.4) is 0 Å². The number of nitrogens with one attached hydrogen (secondary N) is 2. The Kier molecular flexibility index (Phi) is 5.50. The molecule has 0 unspecified atom stereocenters. The summed E-state index contributed by atoms with van der Waals surface area (Å²) < 4.78 is 0. The van der Waals surface area contributed by atoms with Gasteiger partial charge in [0.15, 0.2) is 0 Å². The zero-order valence-corrected chi connectivity index (χ0v) is 14.5. The van der Waals surface area contributed by atoms with Crippen molar-refractivity contribution >= 4 is 28.4 Å². The number of aromatic nitrogens is 1. The summed E-state index contributed by atoms with van der Waals surface area (Å²) in [5, 5.41) is 11.7. The van der Waals surface area contributed by atoms with Crippen molar-refractivity contribution in [2.45, 2.75) is 19.8 Å². The van der Waals surface area contributed by atoms with Gasteiger partial charge in [-0.15, -0.1) is 0 Å². The van der Waals surface area contributed by atoms with E-state index in [0.29, 0.717) is 12.3 Å². The highest BCUT2D eigenvalue weighted by Gasteiger charge is 2.13. The number of carbonyl (C=O) groups is 1. The Morgan fingerprint density at radius 2 is 2.04 bits per heavy atom. The molecule has 0 radical (unpaired) electrons. The van der Waals surface area contributed by atoms with Crippen LogP contribution in [0.25, 0.3) is 10.9 Å². The molecule has 2 aromatic rings. The molecule has 130 valence electrons. The van der Waals surface area contributed by atoms with Gasteiger partial charge in [0.05, 0.1) is 5.52 Å². The summed E-state index contributed by atoms with van der Waals surface area (Å²) in [5.41, 5.74) is 2.40. The van der Waals surface area contributed by atoms with Crippen molar-refractivity contribution < 1.29 is 4.79 Å². The molecule has 2 heterocycles. The maximum atomic E-state index is 12.1. The van der Waals surface area contributed by atoms with Crippen LogP contribution in [0.5, 0.6) is 0 Å². The average molecular weight is 337 g/mol. The molecule has 0 atom stereocenters. The molecule has 1 aliphatic rings. The van der Waals surface area contributed by atoms with E-state index in [0.717, 1.165) is 36.1 Å². The highest BCUT2D eigenvalue weighted by Crippen LogP contribution is 2.17. The van der Waals surface area contributed by atoms with E-state index >= 15 is 0 Å². The van der Waals surface area contributed by atoms with Crippen LogP contribution in [0.15, 0.2) is 41.5 Å². The number of carbonyl (C=O) groups excluding carboxylic acids is 1. The second-order valence-corrected chi connectivity index (χ2v) is 6.23. The zero-order chi connectivity index (χ0) is 17.6. The van der Waals surface area contributed by atoms with E-state index in [9.17, 15) is 4.79 Å². The highest BCUT2D eigenvalue weighted by molar-refractivity contribution is 6.39. The number of rotatable bonds is 4. The number of amides is 1. The van der Waals surface area contributed by atoms with Crippen LogP contribution in [0.1, 0.15) is 25.3 Å². The first kappa shape index (κ1) is 17.2. The van der Waals surface area contributed by atoms with Gasteiger partial charge in [-0.25, -0.2) is 4.99 Å². The van der Waals surface area contributed by atoms with Crippen LogP contribution in [0.4, 0.5) is 0 Å². The molecule has 1 aliphatic heterocycles. The number of aliphatic imine (C=N–C) groups is 1. The van der Waals surface area contributed by atoms with Crippen molar-refractivity contribution in [2.24, 2.45) is 4.99 Å². The Bertz CT molecular complexity index is 803. The van der Waals surface area contributed by atoms with Crippen LogP contribution in [0.2, 0.25) is 0 Å². The van der Waals surface area contributed by atoms with Crippen LogP contribution in [0, 0.1) is 5.41 Å². The minimum atomic E-state index is -0.433. The maximum absolute atomic E-state index is 12.1.